The molecule has 186 valence electrons. The van der Waals surface area contributed by atoms with E-state index in [0.717, 1.165) is 53.3 Å². The van der Waals surface area contributed by atoms with Crippen LogP contribution in [0.15, 0.2) is 48.5 Å². The molecule has 0 atom stereocenters. The summed E-state index contributed by atoms with van der Waals surface area (Å²) < 4.78 is 1.91. The molecule has 1 aliphatic rings. The van der Waals surface area contributed by atoms with Gasteiger partial charge in [-0.1, -0.05) is 54.7 Å². The van der Waals surface area contributed by atoms with Crippen LogP contribution in [0.3, 0.4) is 0 Å². The van der Waals surface area contributed by atoms with Crippen molar-refractivity contribution in [3.05, 3.63) is 75.7 Å². The molecule has 1 fully saturated rings. The number of benzene rings is 2. The summed E-state index contributed by atoms with van der Waals surface area (Å²) in [7, 11) is 0. The van der Waals surface area contributed by atoms with Gasteiger partial charge in [0.25, 0.3) is 5.91 Å². The minimum atomic E-state index is -0.0661. The molecule has 0 N–H and O–H groups in total. The van der Waals surface area contributed by atoms with Gasteiger partial charge in [-0.15, -0.1) is 0 Å². The van der Waals surface area contributed by atoms with Gasteiger partial charge < -0.3 is 9.80 Å². The summed E-state index contributed by atoms with van der Waals surface area (Å²) in [6.45, 7) is 6.64. The molecule has 0 radical (unpaired) electrons. The number of carbonyl (C=O) groups excluding carboxylic acids is 1. The van der Waals surface area contributed by atoms with Gasteiger partial charge in [-0.2, -0.15) is 5.10 Å². The third kappa shape index (κ3) is 4.90. The molecule has 36 heavy (non-hydrogen) atoms. The Balaban J connectivity index is 1.46. The average Bonchev–Trinajstić information content (AvgIpc) is 3.23. The van der Waals surface area contributed by atoms with Crippen molar-refractivity contribution in [1.29, 1.82) is 0 Å². The fourth-order valence-corrected chi connectivity index (χ4v) is 5.14. The largest absolute Gasteiger partial charge is 0.352 e. The van der Waals surface area contributed by atoms with Crippen LogP contribution in [-0.4, -0.2) is 56.7 Å². The summed E-state index contributed by atoms with van der Waals surface area (Å²) in [6, 6.07) is 15.0. The topological polar surface area (TPSA) is 67.2 Å². The molecule has 1 aliphatic heterocycles. The Bertz CT molecular complexity index is 1380. The Morgan fingerprint density at radius 3 is 2.33 bits per heavy atom. The number of rotatable bonds is 6. The van der Waals surface area contributed by atoms with E-state index in [9.17, 15) is 4.79 Å². The zero-order chi connectivity index (χ0) is 25.2. The molecule has 3 heterocycles. The third-order valence-electron chi connectivity index (χ3n) is 6.46. The van der Waals surface area contributed by atoms with Crippen molar-refractivity contribution in [1.82, 2.24) is 24.6 Å². The molecule has 1 amide bonds. The molecule has 5 rings (SSSR count). The molecule has 7 nitrogen and oxygen atoms in total. The summed E-state index contributed by atoms with van der Waals surface area (Å²) in [4.78, 5) is 27.1. The van der Waals surface area contributed by atoms with Crippen LogP contribution < -0.4 is 4.90 Å². The van der Waals surface area contributed by atoms with Crippen molar-refractivity contribution in [3.8, 4) is 5.69 Å². The van der Waals surface area contributed by atoms with Gasteiger partial charge in [-0.25, -0.2) is 14.6 Å². The van der Waals surface area contributed by atoms with Gasteiger partial charge in [0, 0.05) is 48.2 Å². The Morgan fingerprint density at radius 2 is 1.67 bits per heavy atom. The van der Waals surface area contributed by atoms with E-state index in [4.69, 9.17) is 38.3 Å². The van der Waals surface area contributed by atoms with E-state index < -0.39 is 0 Å². The lowest BCUT2D eigenvalue weighted by atomic mass is 10.1. The van der Waals surface area contributed by atoms with Crippen LogP contribution >= 0.6 is 23.2 Å². The highest BCUT2D eigenvalue weighted by Gasteiger charge is 2.27. The van der Waals surface area contributed by atoms with E-state index in [1.807, 2.05) is 46.8 Å². The average molecular weight is 523 g/mol. The molecule has 0 unspecified atom stereocenters. The van der Waals surface area contributed by atoms with Crippen LogP contribution in [0, 0.1) is 6.92 Å². The second kappa shape index (κ2) is 10.4. The molecule has 0 bridgehead atoms. The number of carbonyl (C=O) groups is 1. The number of nitrogens with zero attached hydrogens (tertiary/aromatic N) is 6. The van der Waals surface area contributed by atoms with Crippen molar-refractivity contribution in [3.63, 3.8) is 0 Å². The normalized spacial score (nSPS) is 14.0. The van der Waals surface area contributed by atoms with Gasteiger partial charge >= 0.3 is 0 Å². The number of amides is 1. The van der Waals surface area contributed by atoms with Crippen LogP contribution in [0.25, 0.3) is 16.7 Å². The molecule has 0 saturated carbocycles. The maximum absolute atomic E-state index is 13.1. The number of aryl methyl sites for hydroxylation is 2. The number of para-hydroxylation sites is 1. The lowest BCUT2D eigenvalue weighted by Crippen LogP contribution is -2.49. The van der Waals surface area contributed by atoms with Gasteiger partial charge in [0.15, 0.2) is 5.65 Å². The first-order valence-electron chi connectivity index (χ1n) is 12.3. The molecule has 1 saturated heterocycles. The highest BCUT2D eigenvalue weighted by Crippen LogP contribution is 2.30. The standard InChI is InChI=1S/C27H28Cl2N6O/c1-3-4-10-23-30-25(24-18(2)32-35(26(24)31-23)22-8-6-5-7-9-22)33-11-13-34(14-12-33)27(36)19-15-20(28)17-21(29)16-19/h5-9,15-17H,3-4,10-14H2,1-2H3. The lowest BCUT2D eigenvalue weighted by molar-refractivity contribution is 0.0746. The number of piperazine rings is 1. The number of anilines is 1. The molecule has 4 aromatic rings. The quantitative estimate of drug-likeness (QED) is 0.323. The molecule has 0 aliphatic carbocycles. The van der Waals surface area contributed by atoms with Crippen molar-refractivity contribution >= 4 is 46.0 Å². The van der Waals surface area contributed by atoms with Gasteiger partial charge in [0.2, 0.25) is 0 Å². The number of unbranched alkanes of at least 4 members (excludes halogenated alkanes) is 1. The van der Waals surface area contributed by atoms with Crippen molar-refractivity contribution in [2.24, 2.45) is 0 Å². The maximum atomic E-state index is 13.1. The van der Waals surface area contributed by atoms with Gasteiger partial charge in [0.1, 0.15) is 11.6 Å². The molecular weight excluding hydrogens is 495 g/mol. The summed E-state index contributed by atoms with van der Waals surface area (Å²) in [5.41, 5.74) is 3.18. The van der Waals surface area contributed by atoms with Crippen LogP contribution in [-0.2, 0) is 6.42 Å². The van der Waals surface area contributed by atoms with E-state index in [1.165, 1.54) is 0 Å². The maximum Gasteiger partial charge on any atom is 0.254 e. The highest BCUT2D eigenvalue weighted by atomic mass is 35.5. The summed E-state index contributed by atoms with van der Waals surface area (Å²) >= 11 is 12.2. The SMILES string of the molecule is CCCCc1nc(N2CCN(C(=O)c3cc(Cl)cc(Cl)c3)CC2)c2c(C)nn(-c3ccccc3)c2n1. The highest BCUT2D eigenvalue weighted by molar-refractivity contribution is 6.35. The van der Waals surface area contributed by atoms with Gasteiger partial charge in [0.05, 0.1) is 16.8 Å². The smallest absolute Gasteiger partial charge is 0.254 e. The van der Waals surface area contributed by atoms with E-state index in [0.29, 0.717) is 41.8 Å². The minimum Gasteiger partial charge on any atom is -0.352 e. The van der Waals surface area contributed by atoms with Gasteiger partial charge in [-0.05, 0) is 43.7 Å². The molecule has 9 heteroatoms. The lowest BCUT2D eigenvalue weighted by Gasteiger charge is -2.36. The number of hydrogen-bond acceptors (Lipinski definition) is 5. The molecular formula is C27H28Cl2N6O. The first kappa shape index (κ1) is 24.5. The Hall–Kier alpha value is -3.16. The van der Waals surface area contributed by atoms with Crippen LogP contribution in [0.2, 0.25) is 10.0 Å². The first-order chi connectivity index (χ1) is 17.4. The van der Waals surface area contributed by atoms with E-state index in [-0.39, 0.29) is 5.91 Å². The Morgan fingerprint density at radius 1 is 0.972 bits per heavy atom. The van der Waals surface area contributed by atoms with Crippen LogP contribution in [0.1, 0.15) is 41.6 Å². The molecule has 2 aromatic carbocycles. The first-order valence-corrected chi connectivity index (χ1v) is 13.0. The number of hydrogen-bond donors (Lipinski definition) is 0. The van der Waals surface area contributed by atoms with Crippen LogP contribution in [0.5, 0.6) is 0 Å². The summed E-state index contributed by atoms with van der Waals surface area (Å²) in [5, 5.41) is 6.71. The molecule has 0 spiro atoms. The molecule has 2 aromatic heterocycles. The van der Waals surface area contributed by atoms with E-state index in [2.05, 4.69) is 11.8 Å². The monoisotopic (exact) mass is 522 g/mol. The van der Waals surface area contributed by atoms with Crippen molar-refractivity contribution in [2.45, 2.75) is 33.1 Å². The summed E-state index contributed by atoms with van der Waals surface area (Å²) in [6.07, 6.45) is 2.91. The Labute approximate surface area is 220 Å². The van der Waals surface area contributed by atoms with E-state index in [1.54, 1.807) is 18.2 Å². The van der Waals surface area contributed by atoms with Crippen LogP contribution in [0.4, 0.5) is 5.82 Å². The zero-order valence-electron chi connectivity index (χ0n) is 20.4. The fourth-order valence-electron chi connectivity index (χ4n) is 4.61. The van der Waals surface area contributed by atoms with Gasteiger partial charge in [-0.3, -0.25) is 4.79 Å². The van der Waals surface area contributed by atoms with E-state index >= 15 is 0 Å². The predicted octanol–water partition coefficient (Wildman–Crippen LogP) is 5.74. The second-order valence-corrected chi connectivity index (χ2v) is 9.91. The number of halogens is 2. The Kier molecular flexibility index (Phi) is 7.12. The summed E-state index contributed by atoms with van der Waals surface area (Å²) in [5.74, 6) is 1.65. The van der Waals surface area contributed by atoms with Crippen molar-refractivity contribution < 1.29 is 4.79 Å². The number of aromatic nitrogens is 4. The second-order valence-electron chi connectivity index (χ2n) is 9.04. The minimum absolute atomic E-state index is 0.0661. The number of fused-ring (bicyclic) bond motifs is 1. The third-order valence-corrected chi connectivity index (χ3v) is 6.90. The fraction of sp³-hybridized carbons (Fsp3) is 0.333. The van der Waals surface area contributed by atoms with Crippen molar-refractivity contribution in [2.75, 3.05) is 31.1 Å². The zero-order valence-corrected chi connectivity index (χ0v) is 21.9. The predicted molar refractivity (Wildman–Crippen MR) is 145 cm³/mol.